The van der Waals surface area contributed by atoms with Gasteiger partial charge in [0.2, 0.25) is 11.8 Å². The van der Waals surface area contributed by atoms with E-state index in [1.165, 1.54) is 11.3 Å². The van der Waals surface area contributed by atoms with Crippen LogP contribution in [-0.4, -0.2) is 36.2 Å². The van der Waals surface area contributed by atoms with Crippen molar-refractivity contribution in [2.24, 2.45) is 0 Å². The second kappa shape index (κ2) is 5.16. The molecule has 0 amide bonds. The highest BCUT2D eigenvalue weighted by Gasteiger charge is 2.44. The van der Waals surface area contributed by atoms with E-state index in [-0.39, 0.29) is 5.41 Å². The number of nitrogens with one attached hydrogen (secondary N) is 1. The van der Waals surface area contributed by atoms with E-state index < -0.39 is 0 Å². The van der Waals surface area contributed by atoms with Crippen molar-refractivity contribution >= 4 is 11.6 Å². The second-order valence-electron chi connectivity index (χ2n) is 5.98. The van der Waals surface area contributed by atoms with Crippen LogP contribution in [0.5, 0.6) is 5.88 Å². The van der Waals surface area contributed by atoms with Crippen LogP contribution in [0.15, 0.2) is 36.5 Å². The molecule has 1 unspecified atom stereocenters. The molecule has 1 aromatic carbocycles. The Labute approximate surface area is 130 Å². The summed E-state index contributed by atoms with van der Waals surface area (Å²) in [6.07, 6.45) is 2.90. The highest BCUT2D eigenvalue weighted by atomic mass is 16.5. The normalized spacial score (nSPS) is 22.7. The number of para-hydroxylation sites is 1. The second-order valence-corrected chi connectivity index (χ2v) is 5.98. The lowest BCUT2D eigenvalue weighted by atomic mass is 9.82. The van der Waals surface area contributed by atoms with Crippen LogP contribution in [0.1, 0.15) is 18.9 Å². The number of benzene rings is 1. The third kappa shape index (κ3) is 2.08. The summed E-state index contributed by atoms with van der Waals surface area (Å²) in [5.41, 5.74) is 2.88. The first kappa shape index (κ1) is 13.4. The van der Waals surface area contributed by atoms with Crippen LogP contribution in [0.25, 0.3) is 0 Å². The van der Waals surface area contributed by atoms with Crippen molar-refractivity contribution in [2.45, 2.75) is 18.8 Å². The molecule has 3 heterocycles. The molecule has 1 N–H and O–H groups in total. The maximum Gasteiger partial charge on any atom is 0.228 e. The maximum atomic E-state index is 5.49. The summed E-state index contributed by atoms with van der Waals surface area (Å²) in [5.74, 6) is 1.42. The lowest BCUT2D eigenvalue weighted by molar-refractivity contribution is 0.326. The standard InChI is InChI=1S/C17H20N4O/c1-2-22-15-7-9-18-16(20-15)21-10-8-17(12-21)11-19-14-6-4-3-5-13(14)17/h3-7,9,19H,2,8,10-12H2,1H3. The van der Waals surface area contributed by atoms with Gasteiger partial charge < -0.3 is 15.0 Å². The van der Waals surface area contributed by atoms with Gasteiger partial charge in [-0.15, -0.1) is 0 Å². The van der Waals surface area contributed by atoms with Gasteiger partial charge in [0.1, 0.15) is 0 Å². The van der Waals surface area contributed by atoms with E-state index in [0.717, 1.165) is 32.0 Å². The molecule has 1 spiro atoms. The fourth-order valence-corrected chi connectivity index (χ4v) is 3.58. The van der Waals surface area contributed by atoms with Crippen LogP contribution in [-0.2, 0) is 5.41 Å². The molecule has 0 bridgehead atoms. The van der Waals surface area contributed by atoms with E-state index in [4.69, 9.17) is 4.74 Å². The van der Waals surface area contributed by atoms with Gasteiger partial charge in [-0.25, -0.2) is 4.98 Å². The summed E-state index contributed by atoms with van der Waals surface area (Å²) in [5, 5.41) is 3.54. The van der Waals surface area contributed by atoms with Gasteiger partial charge in [0.15, 0.2) is 0 Å². The number of hydrogen-bond donors (Lipinski definition) is 1. The summed E-state index contributed by atoms with van der Waals surface area (Å²) < 4.78 is 5.49. The number of nitrogens with zero attached hydrogens (tertiary/aromatic N) is 3. The topological polar surface area (TPSA) is 50.3 Å². The molecule has 1 aromatic heterocycles. The number of rotatable bonds is 3. The van der Waals surface area contributed by atoms with Crippen molar-refractivity contribution in [1.29, 1.82) is 0 Å². The molecule has 5 nitrogen and oxygen atoms in total. The predicted molar refractivity (Wildman–Crippen MR) is 86.6 cm³/mol. The van der Waals surface area contributed by atoms with Crippen molar-refractivity contribution in [3.63, 3.8) is 0 Å². The molecule has 0 radical (unpaired) electrons. The van der Waals surface area contributed by atoms with Gasteiger partial charge >= 0.3 is 0 Å². The largest absolute Gasteiger partial charge is 0.478 e. The molecule has 1 fully saturated rings. The Bertz CT molecular complexity index is 690. The summed E-state index contributed by atoms with van der Waals surface area (Å²) >= 11 is 0. The monoisotopic (exact) mass is 296 g/mol. The van der Waals surface area contributed by atoms with Crippen LogP contribution in [0, 0.1) is 0 Å². The average molecular weight is 296 g/mol. The molecule has 114 valence electrons. The fraction of sp³-hybridized carbons (Fsp3) is 0.412. The zero-order chi connectivity index (χ0) is 15.0. The third-order valence-corrected chi connectivity index (χ3v) is 4.66. The van der Waals surface area contributed by atoms with Gasteiger partial charge in [0, 0.05) is 43.0 Å². The number of ether oxygens (including phenoxy) is 1. The van der Waals surface area contributed by atoms with E-state index in [1.54, 1.807) is 6.20 Å². The SMILES string of the molecule is CCOc1ccnc(N2CCC3(CNc4ccccc43)C2)n1. The third-order valence-electron chi connectivity index (χ3n) is 4.66. The van der Waals surface area contributed by atoms with Gasteiger partial charge in [-0.3, -0.25) is 0 Å². The van der Waals surface area contributed by atoms with Gasteiger partial charge in [-0.1, -0.05) is 18.2 Å². The zero-order valence-electron chi connectivity index (χ0n) is 12.7. The zero-order valence-corrected chi connectivity index (χ0v) is 12.7. The Morgan fingerprint density at radius 3 is 3.14 bits per heavy atom. The molecule has 2 aliphatic rings. The van der Waals surface area contributed by atoms with Crippen molar-refractivity contribution in [2.75, 3.05) is 36.5 Å². The van der Waals surface area contributed by atoms with E-state index >= 15 is 0 Å². The molecule has 1 saturated heterocycles. The highest BCUT2D eigenvalue weighted by Crippen LogP contribution is 2.43. The molecule has 1 atom stereocenters. The average Bonchev–Trinajstić information content (AvgIpc) is 3.15. The van der Waals surface area contributed by atoms with Crippen molar-refractivity contribution in [1.82, 2.24) is 9.97 Å². The van der Waals surface area contributed by atoms with E-state index in [0.29, 0.717) is 12.5 Å². The molecule has 2 aliphatic heterocycles. The van der Waals surface area contributed by atoms with Crippen LogP contribution < -0.4 is 15.0 Å². The minimum Gasteiger partial charge on any atom is -0.478 e. The lowest BCUT2D eigenvalue weighted by Gasteiger charge is -2.24. The number of aromatic nitrogens is 2. The fourth-order valence-electron chi connectivity index (χ4n) is 3.58. The van der Waals surface area contributed by atoms with Crippen molar-refractivity contribution in [3.8, 4) is 5.88 Å². The first-order chi connectivity index (χ1) is 10.8. The molecule has 5 heteroatoms. The number of fused-ring (bicyclic) bond motifs is 2. The minimum atomic E-state index is 0.182. The Morgan fingerprint density at radius 2 is 2.23 bits per heavy atom. The van der Waals surface area contributed by atoms with E-state index in [2.05, 4.69) is 44.5 Å². The minimum absolute atomic E-state index is 0.182. The van der Waals surface area contributed by atoms with E-state index in [1.807, 2.05) is 13.0 Å². The number of anilines is 2. The molecular formula is C17H20N4O. The van der Waals surface area contributed by atoms with Gasteiger partial charge in [-0.05, 0) is 25.0 Å². The quantitative estimate of drug-likeness (QED) is 0.943. The Hall–Kier alpha value is -2.30. The van der Waals surface area contributed by atoms with E-state index in [9.17, 15) is 0 Å². The van der Waals surface area contributed by atoms with Gasteiger partial charge in [0.05, 0.1) is 6.61 Å². The number of hydrogen-bond acceptors (Lipinski definition) is 5. The first-order valence-corrected chi connectivity index (χ1v) is 7.85. The van der Waals surface area contributed by atoms with Gasteiger partial charge in [0.25, 0.3) is 0 Å². The summed E-state index contributed by atoms with van der Waals surface area (Å²) in [4.78, 5) is 11.2. The maximum absolute atomic E-state index is 5.49. The lowest BCUT2D eigenvalue weighted by Crippen LogP contribution is -2.33. The van der Waals surface area contributed by atoms with Crippen LogP contribution in [0.4, 0.5) is 11.6 Å². The molecule has 22 heavy (non-hydrogen) atoms. The van der Waals surface area contributed by atoms with Gasteiger partial charge in [-0.2, -0.15) is 4.98 Å². The Kier molecular flexibility index (Phi) is 3.13. The summed E-state index contributed by atoms with van der Waals surface area (Å²) in [6.45, 7) is 5.51. The first-order valence-electron chi connectivity index (χ1n) is 7.85. The highest BCUT2D eigenvalue weighted by molar-refractivity contribution is 5.62. The van der Waals surface area contributed by atoms with Crippen molar-refractivity contribution in [3.05, 3.63) is 42.1 Å². The Morgan fingerprint density at radius 1 is 1.32 bits per heavy atom. The summed E-state index contributed by atoms with van der Waals surface area (Å²) in [7, 11) is 0. The smallest absolute Gasteiger partial charge is 0.228 e. The van der Waals surface area contributed by atoms with Crippen LogP contribution in [0.2, 0.25) is 0 Å². The van der Waals surface area contributed by atoms with Crippen LogP contribution >= 0.6 is 0 Å². The van der Waals surface area contributed by atoms with Crippen LogP contribution in [0.3, 0.4) is 0 Å². The predicted octanol–water partition coefficient (Wildman–Crippen LogP) is 2.45. The Balaban J connectivity index is 1.60. The molecule has 0 saturated carbocycles. The molecule has 4 rings (SSSR count). The molecule has 2 aromatic rings. The summed E-state index contributed by atoms with van der Waals surface area (Å²) in [6, 6.07) is 10.4. The molecule has 0 aliphatic carbocycles. The molecular weight excluding hydrogens is 276 g/mol. The van der Waals surface area contributed by atoms with Crippen molar-refractivity contribution < 1.29 is 4.74 Å².